The number of carboxylic acids is 1. The Kier molecular flexibility index (Phi) is 20.5. The lowest BCUT2D eigenvalue weighted by Crippen LogP contribution is -2.58. The molecule has 0 radical (unpaired) electrons. The monoisotopic (exact) mass is 674 g/mol. The lowest BCUT2D eigenvalue weighted by molar-refractivity contribution is -0.142. The van der Waals surface area contributed by atoms with Gasteiger partial charge >= 0.3 is 5.97 Å². The van der Waals surface area contributed by atoms with E-state index in [-0.39, 0.29) is 18.8 Å². The highest BCUT2D eigenvalue weighted by Crippen LogP contribution is 2.08. The summed E-state index contributed by atoms with van der Waals surface area (Å²) < 4.78 is 0. The van der Waals surface area contributed by atoms with E-state index in [4.69, 9.17) is 16.6 Å². The molecule has 7 atom stereocenters. The minimum atomic E-state index is -1.23. The van der Waals surface area contributed by atoms with E-state index in [9.17, 15) is 33.6 Å². The molecular weight excluding hydrogens is 620 g/mol. The average Bonchev–Trinajstić information content (AvgIpc) is 2.98. The highest BCUT2D eigenvalue weighted by molar-refractivity contribution is 7.98. The number of nitrogens with one attached hydrogen (secondary N) is 6. The highest BCUT2D eigenvalue weighted by Gasteiger charge is 2.30. The molecule has 7 unspecified atom stereocenters. The van der Waals surface area contributed by atoms with Crippen LogP contribution in [0.15, 0.2) is 0 Å². The summed E-state index contributed by atoms with van der Waals surface area (Å²) in [6.45, 7) is 9.59. The molecule has 0 saturated heterocycles. The Labute approximate surface area is 275 Å². The lowest BCUT2D eigenvalue weighted by atomic mass is 10.0. The van der Waals surface area contributed by atoms with E-state index in [0.717, 1.165) is 0 Å². The molecule has 0 saturated carbocycles. The first-order valence-electron chi connectivity index (χ1n) is 15.4. The summed E-state index contributed by atoms with van der Waals surface area (Å²) >= 11 is 1.54. The minimum absolute atomic E-state index is 0.0269. The van der Waals surface area contributed by atoms with Crippen LogP contribution in [0.2, 0.25) is 0 Å². The van der Waals surface area contributed by atoms with Crippen molar-refractivity contribution in [2.75, 3.05) is 18.6 Å². The molecule has 0 aromatic heterocycles. The quantitative estimate of drug-likeness (QED) is 0.0585. The molecule has 46 heavy (non-hydrogen) atoms. The van der Waals surface area contributed by atoms with Crippen molar-refractivity contribution in [3.05, 3.63) is 0 Å². The number of carbonyl (C=O) groups is 7. The second kappa shape index (κ2) is 22.1. The van der Waals surface area contributed by atoms with Gasteiger partial charge in [0.2, 0.25) is 35.4 Å². The van der Waals surface area contributed by atoms with Gasteiger partial charge in [0.15, 0.2) is 0 Å². The van der Waals surface area contributed by atoms with Gasteiger partial charge in [-0.25, -0.2) is 0 Å². The predicted molar refractivity (Wildman–Crippen MR) is 175 cm³/mol. The molecule has 0 spiro atoms. The van der Waals surface area contributed by atoms with E-state index in [1.807, 2.05) is 20.1 Å². The summed E-state index contributed by atoms with van der Waals surface area (Å²) in [6.07, 6.45) is 3.78. The summed E-state index contributed by atoms with van der Waals surface area (Å²) in [5.74, 6) is -4.40. The van der Waals surface area contributed by atoms with Crippen LogP contribution in [0.4, 0.5) is 0 Å². The van der Waals surface area contributed by atoms with Crippen molar-refractivity contribution in [1.29, 1.82) is 0 Å². The molecule has 11 N–H and O–H groups in total. The van der Waals surface area contributed by atoms with Crippen molar-refractivity contribution in [2.45, 2.75) is 116 Å². The fraction of sp³-hybridized carbons (Fsp3) is 0.759. The first-order chi connectivity index (χ1) is 21.4. The normalized spacial score (nSPS) is 15.6. The third-order valence-corrected chi connectivity index (χ3v) is 7.52. The number of hydrogen-bond donors (Lipinski definition) is 9. The number of nitrogens with two attached hydrogens (primary N) is 2. The molecule has 0 aromatic carbocycles. The van der Waals surface area contributed by atoms with Crippen LogP contribution in [-0.4, -0.2) is 107 Å². The molecule has 0 aliphatic heterocycles. The van der Waals surface area contributed by atoms with Crippen LogP contribution in [0.1, 0.15) is 73.6 Å². The maximum absolute atomic E-state index is 13.3. The third kappa shape index (κ3) is 16.7. The molecule has 17 heteroatoms. The van der Waals surface area contributed by atoms with E-state index in [1.54, 1.807) is 0 Å². The number of amides is 6. The molecule has 0 rings (SSSR count). The van der Waals surface area contributed by atoms with Crippen molar-refractivity contribution in [3.8, 4) is 0 Å². The van der Waals surface area contributed by atoms with Gasteiger partial charge in [0.25, 0.3) is 0 Å². The number of carboxylic acid groups (broad SMARTS) is 1. The molecule has 16 nitrogen and oxygen atoms in total. The van der Waals surface area contributed by atoms with Crippen molar-refractivity contribution in [3.63, 3.8) is 0 Å². The number of hydrogen-bond acceptors (Lipinski definition) is 10. The standard InChI is InChI=1S/C29H54N8O8S/c1-15(2)14-22(28(43)35-19(6)29(44)45)37-27(42)21(10-8-9-12-30)36-25(40)18(5)33-23(38)16(3)32-24(39)17(4)34-26(41)20(31)11-13-46-7/h15-22H,8-14,30-31H2,1-7H3,(H,32,39)(H,33,38)(H,34,41)(H,35,43)(H,36,40)(H,37,42)(H,44,45). The smallest absolute Gasteiger partial charge is 0.325 e. The van der Waals surface area contributed by atoms with Crippen molar-refractivity contribution in [1.82, 2.24) is 31.9 Å². The number of aliphatic carboxylic acids is 1. The number of carbonyl (C=O) groups excluding carboxylic acids is 6. The van der Waals surface area contributed by atoms with Gasteiger partial charge in [-0.05, 0) is 84.3 Å². The van der Waals surface area contributed by atoms with Crippen molar-refractivity contribution >= 4 is 53.2 Å². The fourth-order valence-corrected chi connectivity index (χ4v) is 4.47. The lowest BCUT2D eigenvalue weighted by Gasteiger charge is -2.26. The van der Waals surface area contributed by atoms with E-state index in [1.165, 1.54) is 39.5 Å². The Bertz CT molecular complexity index is 1050. The Hall–Kier alpha value is -3.44. The van der Waals surface area contributed by atoms with Gasteiger partial charge in [-0.1, -0.05) is 13.8 Å². The molecule has 264 valence electrons. The van der Waals surface area contributed by atoms with Gasteiger partial charge in [-0.15, -0.1) is 0 Å². The maximum atomic E-state index is 13.3. The first kappa shape index (κ1) is 42.6. The summed E-state index contributed by atoms with van der Waals surface area (Å²) in [5, 5.41) is 24.2. The second-order valence-electron chi connectivity index (χ2n) is 11.7. The second-order valence-corrected chi connectivity index (χ2v) is 12.7. The maximum Gasteiger partial charge on any atom is 0.325 e. The number of unbranched alkanes of at least 4 members (excludes halogenated alkanes) is 1. The van der Waals surface area contributed by atoms with E-state index < -0.39 is 83.7 Å². The molecule has 0 aliphatic carbocycles. The highest BCUT2D eigenvalue weighted by atomic mass is 32.2. The third-order valence-electron chi connectivity index (χ3n) is 6.88. The van der Waals surface area contributed by atoms with Crippen molar-refractivity contribution < 1.29 is 38.7 Å². The molecule has 0 fully saturated rings. The van der Waals surface area contributed by atoms with Gasteiger partial charge in [0.1, 0.15) is 36.3 Å². The zero-order valence-electron chi connectivity index (χ0n) is 27.9. The zero-order chi connectivity index (χ0) is 35.6. The SMILES string of the molecule is CSCCC(N)C(=O)NC(C)C(=O)NC(C)C(=O)NC(C)C(=O)NC(CCCCN)C(=O)NC(CC(C)C)C(=O)NC(C)C(=O)O. The van der Waals surface area contributed by atoms with Crippen LogP contribution in [0.5, 0.6) is 0 Å². The van der Waals surface area contributed by atoms with Gasteiger partial charge in [0.05, 0.1) is 6.04 Å². The van der Waals surface area contributed by atoms with Crippen LogP contribution < -0.4 is 43.4 Å². The Morgan fingerprint density at radius 2 is 1.04 bits per heavy atom. The van der Waals surface area contributed by atoms with Gasteiger partial charge in [-0.2, -0.15) is 11.8 Å². The first-order valence-corrected chi connectivity index (χ1v) is 16.8. The molecule has 6 amide bonds. The summed E-state index contributed by atoms with van der Waals surface area (Å²) in [4.78, 5) is 87.8. The Balaban J connectivity index is 5.36. The summed E-state index contributed by atoms with van der Waals surface area (Å²) in [6, 6.07) is -7.24. The van der Waals surface area contributed by atoms with Gasteiger partial charge in [-0.3, -0.25) is 33.6 Å². The van der Waals surface area contributed by atoms with Crippen LogP contribution in [-0.2, 0) is 33.6 Å². The van der Waals surface area contributed by atoms with Gasteiger partial charge < -0.3 is 48.5 Å². The van der Waals surface area contributed by atoms with E-state index >= 15 is 0 Å². The van der Waals surface area contributed by atoms with Crippen LogP contribution in [0.25, 0.3) is 0 Å². The van der Waals surface area contributed by atoms with E-state index in [2.05, 4.69) is 31.9 Å². The predicted octanol–water partition coefficient (Wildman–Crippen LogP) is -1.69. The van der Waals surface area contributed by atoms with Crippen LogP contribution in [0.3, 0.4) is 0 Å². The zero-order valence-corrected chi connectivity index (χ0v) is 28.8. The Morgan fingerprint density at radius 1 is 0.609 bits per heavy atom. The van der Waals surface area contributed by atoms with Crippen LogP contribution in [0, 0.1) is 5.92 Å². The number of thioether (sulfide) groups is 1. The molecule has 0 heterocycles. The molecule has 0 aromatic rings. The molecular formula is C29H54N8O8S. The molecule has 0 aliphatic rings. The van der Waals surface area contributed by atoms with Gasteiger partial charge in [0, 0.05) is 0 Å². The topological polar surface area (TPSA) is 264 Å². The van der Waals surface area contributed by atoms with Crippen molar-refractivity contribution in [2.24, 2.45) is 17.4 Å². The Morgan fingerprint density at radius 3 is 1.50 bits per heavy atom. The number of rotatable bonds is 22. The summed E-state index contributed by atoms with van der Waals surface area (Å²) in [5.41, 5.74) is 11.4. The van der Waals surface area contributed by atoms with E-state index in [0.29, 0.717) is 31.6 Å². The minimum Gasteiger partial charge on any atom is -0.480 e. The largest absolute Gasteiger partial charge is 0.480 e. The molecule has 0 bridgehead atoms. The fourth-order valence-electron chi connectivity index (χ4n) is 3.98. The average molecular weight is 675 g/mol. The summed E-state index contributed by atoms with van der Waals surface area (Å²) in [7, 11) is 0. The van der Waals surface area contributed by atoms with Crippen LogP contribution >= 0.6 is 11.8 Å².